The zero-order chi connectivity index (χ0) is 11.5. The summed E-state index contributed by atoms with van der Waals surface area (Å²) in [5, 5.41) is 3.56. The maximum Gasteiger partial charge on any atom is 0.141 e. The van der Waals surface area contributed by atoms with Crippen molar-refractivity contribution in [2.75, 3.05) is 24.5 Å². The third-order valence-corrected chi connectivity index (χ3v) is 3.35. The molecule has 0 bridgehead atoms. The molecule has 1 atom stereocenters. The summed E-state index contributed by atoms with van der Waals surface area (Å²) in [4.78, 5) is 2.29. The van der Waals surface area contributed by atoms with Crippen LogP contribution in [-0.2, 0) is 0 Å². The van der Waals surface area contributed by atoms with Crippen molar-refractivity contribution < 1.29 is 4.39 Å². The molecule has 0 saturated carbocycles. The predicted octanol–water partition coefficient (Wildman–Crippen LogP) is 2.67. The molecule has 88 valence electrons. The topological polar surface area (TPSA) is 15.3 Å². The SMILES string of the molecule is CC[C@H]1CNCCN1c1ccc(F)c(Cl)c1. The van der Waals surface area contributed by atoms with Crippen LogP contribution in [0.5, 0.6) is 0 Å². The fraction of sp³-hybridized carbons (Fsp3) is 0.500. The summed E-state index contributed by atoms with van der Waals surface area (Å²) in [5.74, 6) is -0.353. The number of rotatable bonds is 2. The number of nitrogens with zero attached hydrogens (tertiary/aromatic N) is 1. The molecule has 0 radical (unpaired) electrons. The summed E-state index contributed by atoms with van der Waals surface area (Å²) < 4.78 is 13.1. The highest BCUT2D eigenvalue weighted by Crippen LogP contribution is 2.25. The Morgan fingerprint density at radius 3 is 3.06 bits per heavy atom. The second-order valence-corrected chi connectivity index (χ2v) is 4.47. The lowest BCUT2D eigenvalue weighted by molar-refractivity contribution is 0.466. The van der Waals surface area contributed by atoms with Crippen LogP contribution < -0.4 is 10.2 Å². The molecule has 2 nitrogen and oxygen atoms in total. The molecule has 0 aliphatic carbocycles. The summed E-state index contributed by atoms with van der Waals surface area (Å²) in [7, 11) is 0. The Morgan fingerprint density at radius 2 is 2.38 bits per heavy atom. The summed E-state index contributed by atoms with van der Waals surface area (Å²) in [6.45, 7) is 5.05. The van der Waals surface area contributed by atoms with Crippen molar-refractivity contribution in [3.8, 4) is 0 Å². The van der Waals surface area contributed by atoms with Gasteiger partial charge in [-0.3, -0.25) is 0 Å². The summed E-state index contributed by atoms with van der Waals surface area (Å²) in [6.07, 6.45) is 1.07. The Kier molecular flexibility index (Phi) is 3.66. The quantitative estimate of drug-likeness (QED) is 0.858. The molecule has 4 heteroatoms. The van der Waals surface area contributed by atoms with E-state index < -0.39 is 0 Å². The first-order valence-corrected chi connectivity index (χ1v) is 6.02. The lowest BCUT2D eigenvalue weighted by Crippen LogP contribution is -2.51. The van der Waals surface area contributed by atoms with Crippen LogP contribution >= 0.6 is 11.6 Å². The minimum absolute atomic E-state index is 0.200. The van der Waals surface area contributed by atoms with Gasteiger partial charge >= 0.3 is 0 Å². The van der Waals surface area contributed by atoms with Gasteiger partial charge in [0, 0.05) is 31.4 Å². The van der Waals surface area contributed by atoms with Crippen LogP contribution in [0.4, 0.5) is 10.1 Å². The Labute approximate surface area is 100 Å². The highest BCUT2D eigenvalue weighted by molar-refractivity contribution is 6.31. The Morgan fingerprint density at radius 1 is 1.56 bits per heavy atom. The lowest BCUT2D eigenvalue weighted by Gasteiger charge is -2.37. The molecular formula is C12H16ClFN2. The second-order valence-electron chi connectivity index (χ2n) is 4.06. The van der Waals surface area contributed by atoms with Gasteiger partial charge in [0.15, 0.2) is 0 Å². The second kappa shape index (κ2) is 5.02. The molecule has 0 amide bonds. The van der Waals surface area contributed by atoms with Crippen molar-refractivity contribution >= 4 is 17.3 Å². The molecule has 1 aromatic carbocycles. The molecule has 16 heavy (non-hydrogen) atoms. The van der Waals surface area contributed by atoms with E-state index >= 15 is 0 Å². The molecule has 0 unspecified atom stereocenters. The van der Waals surface area contributed by atoms with Crippen molar-refractivity contribution in [2.45, 2.75) is 19.4 Å². The molecule has 0 spiro atoms. The van der Waals surface area contributed by atoms with Gasteiger partial charge in [0.05, 0.1) is 5.02 Å². The van der Waals surface area contributed by atoms with Gasteiger partial charge < -0.3 is 10.2 Å². The van der Waals surface area contributed by atoms with Gasteiger partial charge in [-0.15, -0.1) is 0 Å². The smallest absolute Gasteiger partial charge is 0.141 e. The normalized spacial score (nSPS) is 21.2. The number of piperazine rings is 1. The first-order valence-electron chi connectivity index (χ1n) is 5.64. The van der Waals surface area contributed by atoms with Crippen LogP contribution in [0.3, 0.4) is 0 Å². The average molecular weight is 243 g/mol. The van der Waals surface area contributed by atoms with Gasteiger partial charge in [-0.25, -0.2) is 4.39 Å². The molecule has 1 fully saturated rings. The van der Waals surface area contributed by atoms with Gasteiger partial charge in [0.25, 0.3) is 0 Å². The van der Waals surface area contributed by atoms with E-state index in [0.717, 1.165) is 31.7 Å². The van der Waals surface area contributed by atoms with Crippen molar-refractivity contribution in [1.29, 1.82) is 0 Å². The number of benzene rings is 1. The van der Waals surface area contributed by atoms with E-state index in [1.807, 2.05) is 0 Å². The van der Waals surface area contributed by atoms with Crippen LogP contribution in [0.25, 0.3) is 0 Å². The monoisotopic (exact) mass is 242 g/mol. The summed E-state index contributed by atoms with van der Waals surface area (Å²) in [5.41, 5.74) is 1.01. The summed E-state index contributed by atoms with van der Waals surface area (Å²) in [6, 6.07) is 5.42. The molecular weight excluding hydrogens is 227 g/mol. The van der Waals surface area contributed by atoms with Gasteiger partial charge in [0.1, 0.15) is 5.82 Å². The fourth-order valence-electron chi connectivity index (χ4n) is 2.13. The summed E-state index contributed by atoms with van der Waals surface area (Å²) >= 11 is 5.81. The molecule has 1 aliphatic heterocycles. The van der Waals surface area contributed by atoms with E-state index in [0.29, 0.717) is 6.04 Å². The number of halogens is 2. The molecule has 1 heterocycles. The van der Waals surface area contributed by atoms with Crippen molar-refractivity contribution in [3.05, 3.63) is 29.0 Å². The third kappa shape index (κ3) is 2.30. The van der Waals surface area contributed by atoms with Gasteiger partial charge in [-0.2, -0.15) is 0 Å². The van der Waals surface area contributed by atoms with E-state index in [-0.39, 0.29) is 10.8 Å². The lowest BCUT2D eigenvalue weighted by atomic mass is 10.1. The highest BCUT2D eigenvalue weighted by Gasteiger charge is 2.21. The minimum atomic E-state index is -0.353. The van der Waals surface area contributed by atoms with Crippen LogP contribution in [0.2, 0.25) is 5.02 Å². The van der Waals surface area contributed by atoms with Crippen molar-refractivity contribution in [1.82, 2.24) is 5.32 Å². The number of hydrogen-bond donors (Lipinski definition) is 1. The van der Waals surface area contributed by atoms with Crippen molar-refractivity contribution in [3.63, 3.8) is 0 Å². The number of nitrogens with one attached hydrogen (secondary N) is 1. The zero-order valence-corrected chi connectivity index (χ0v) is 10.1. The third-order valence-electron chi connectivity index (χ3n) is 3.06. The molecule has 1 aliphatic rings. The first-order chi connectivity index (χ1) is 7.72. The van der Waals surface area contributed by atoms with Crippen LogP contribution in [0.1, 0.15) is 13.3 Å². The van der Waals surface area contributed by atoms with Gasteiger partial charge in [0.2, 0.25) is 0 Å². The van der Waals surface area contributed by atoms with E-state index in [9.17, 15) is 4.39 Å². The van der Waals surface area contributed by atoms with Gasteiger partial charge in [-0.05, 0) is 24.6 Å². The van der Waals surface area contributed by atoms with Crippen LogP contribution in [0, 0.1) is 5.82 Å². The predicted molar refractivity (Wildman–Crippen MR) is 65.7 cm³/mol. The highest BCUT2D eigenvalue weighted by atomic mass is 35.5. The fourth-order valence-corrected chi connectivity index (χ4v) is 2.30. The Balaban J connectivity index is 2.23. The van der Waals surface area contributed by atoms with E-state index in [2.05, 4.69) is 17.1 Å². The molecule has 0 aromatic heterocycles. The zero-order valence-electron chi connectivity index (χ0n) is 9.34. The van der Waals surface area contributed by atoms with Crippen LogP contribution in [0.15, 0.2) is 18.2 Å². The standard InChI is InChI=1S/C12H16ClFN2/c1-2-9-8-15-5-6-16(9)10-3-4-12(14)11(13)7-10/h3-4,7,9,15H,2,5-6,8H2,1H3/t9-/m0/s1. The largest absolute Gasteiger partial charge is 0.366 e. The molecule has 2 rings (SSSR count). The van der Waals surface area contributed by atoms with E-state index in [4.69, 9.17) is 11.6 Å². The van der Waals surface area contributed by atoms with Crippen LogP contribution in [-0.4, -0.2) is 25.7 Å². The van der Waals surface area contributed by atoms with E-state index in [1.165, 1.54) is 6.07 Å². The minimum Gasteiger partial charge on any atom is -0.366 e. The first kappa shape index (κ1) is 11.7. The van der Waals surface area contributed by atoms with E-state index in [1.54, 1.807) is 12.1 Å². The number of anilines is 1. The molecule has 1 saturated heterocycles. The Bertz CT molecular complexity index is 370. The molecule has 1 aromatic rings. The van der Waals surface area contributed by atoms with Gasteiger partial charge in [-0.1, -0.05) is 18.5 Å². The average Bonchev–Trinajstić information content (AvgIpc) is 2.32. The molecule has 1 N–H and O–H groups in total. The Hall–Kier alpha value is -0.800. The maximum absolute atomic E-state index is 13.1. The maximum atomic E-state index is 13.1. The number of hydrogen-bond acceptors (Lipinski definition) is 2. The van der Waals surface area contributed by atoms with Crippen molar-refractivity contribution in [2.24, 2.45) is 0 Å².